The summed E-state index contributed by atoms with van der Waals surface area (Å²) in [5.41, 5.74) is 2.07. The average molecular weight is 419 g/mol. The summed E-state index contributed by atoms with van der Waals surface area (Å²) in [7, 11) is 0. The summed E-state index contributed by atoms with van der Waals surface area (Å²) in [6.07, 6.45) is 1.26. The molecule has 1 aromatic heterocycles. The van der Waals surface area contributed by atoms with Crippen LogP contribution in [0, 0.1) is 13.8 Å². The first-order valence-corrected chi connectivity index (χ1v) is 9.30. The van der Waals surface area contributed by atoms with Crippen molar-refractivity contribution in [2.24, 2.45) is 0 Å². The van der Waals surface area contributed by atoms with Crippen LogP contribution in [0.1, 0.15) is 45.0 Å². The van der Waals surface area contributed by atoms with Crippen LogP contribution < -0.4 is 10.6 Å². The predicted octanol–water partition coefficient (Wildman–Crippen LogP) is 2.84. The van der Waals surface area contributed by atoms with E-state index in [-0.39, 0.29) is 11.8 Å². The highest BCUT2D eigenvalue weighted by Gasteiger charge is 2.41. The Balaban J connectivity index is 1.51. The van der Waals surface area contributed by atoms with Crippen molar-refractivity contribution < 1.29 is 14.1 Å². The number of rotatable bonds is 1. The number of carbonyl (C=O) groups excluding carboxylic acids is 2. The maximum Gasteiger partial charge on any atom is 0.259 e. The fourth-order valence-corrected chi connectivity index (χ4v) is 4.04. The largest absolute Gasteiger partial charge is 0.362 e. The molecule has 26 heavy (non-hydrogen) atoms. The van der Waals surface area contributed by atoms with E-state index in [2.05, 4.69) is 31.7 Å². The first-order chi connectivity index (χ1) is 12.4. The molecule has 2 aliphatic heterocycles. The van der Waals surface area contributed by atoms with E-state index >= 15 is 0 Å². The van der Waals surface area contributed by atoms with Crippen LogP contribution in [-0.4, -0.2) is 40.6 Å². The molecule has 1 aromatic carbocycles. The van der Waals surface area contributed by atoms with Gasteiger partial charge in [-0.25, -0.2) is 0 Å². The molecule has 0 bridgehead atoms. The summed E-state index contributed by atoms with van der Waals surface area (Å²) in [4.78, 5) is 27.1. The molecule has 2 amide bonds. The summed E-state index contributed by atoms with van der Waals surface area (Å²) in [6.45, 7) is 4.61. The van der Waals surface area contributed by atoms with Crippen LogP contribution in [0.15, 0.2) is 27.2 Å². The number of likely N-dealkylation sites (tertiary alicyclic amines) is 1. The van der Waals surface area contributed by atoms with Gasteiger partial charge >= 0.3 is 0 Å². The number of carbonyl (C=O) groups is 2. The van der Waals surface area contributed by atoms with Gasteiger partial charge < -0.3 is 20.1 Å². The summed E-state index contributed by atoms with van der Waals surface area (Å²) in [5, 5.41) is 10.4. The van der Waals surface area contributed by atoms with Crippen LogP contribution in [0.4, 0.5) is 5.69 Å². The second kappa shape index (κ2) is 6.12. The van der Waals surface area contributed by atoms with Crippen LogP contribution in [0.5, 0.6) is 0 Å². The molecule has 0 unspecified atom stereocenters. The summed E-state index contributed by atoms with van der Waals surface area (Å²) < 4.78 is 5.97. The molecule has 0 radical (unpaired) electrons. The number of hydrogen-bond donors (Lipinski definition) is 2. The third-order valence-corrected chi connectivity index (χ3v) is 5.60. The third kappa shape index (κ3) is 2.78. The Morgan fingerprint density at radius 2 is 2.00 bits per heavy atom. The Bertz CT molecular complexity index is 880. The molecule has 1 saturated heterocycles. The van der Waals surface area contributed by atoms with Crippen molar-refractivity contribution in [3.05, 3.63) is 45.3 Å². The van der Waals surface area contributed by atoms with E-state index in [1.807, 2.05) is 12.1 Å². The number of piperidine rings is 1. The van der Waals surface area contributed by atoms with Crippen molar-refractivity contribution in [3.8, 4) is 0 Å². The van der Waals surface area contributed by atoms with Crippen molar-refractivity contribution in [1.82, 2.24) is 15.4 Å². The Hall–Kier alpha value is -2.35. The number of nitrogens with zero attached hydrogens (tertiary/aromatic N) is 2. The van der Waals surface area contributed by atoms with Gasteiger partial charge in [-0.05, 0) is 32.0 Å². The first kappa shape index (κ1) is 17.1. The molecule has 8 heteroatoms. The van der Waals surface area contributed by atoms with Gasteiger partial charge in [-0.1, -0.05) is 21.1 Å². The van der Waals surface area contributed by atoms with Gasteiger partial charge in [0.1, 0.15) is 17.0 Å². The van der Waals surface area contributed by atoms with E-state index in [9.17, 15) is 9.59 Å². The second-order valence-electron chi connectivity index (χ2n) is 6.84. The van der Waals surface area contributed by atoms with Crippen LogP contribution in [0.25, 0.3) is 0 Å². The number of anilines is 1. The van der Waals surface area contributed by atoms with Crippen molar-refractivity contribution in [2.75, 3.05) is 18.4 Å². The molecule has 2 N–H and O–H groups in total. The first-order valence-electron chi connectivity index (χ1n) is 8.51. The molecule has 3 heterocycles. The zero-order valence-corrected chi connectivity index (χ0v) is 16.1. The van der Waals surface area contributed by atoms with Gasteiger partial charge in [0.2, 0.25) is 0 Å². The SMILES string of the molecule is Cc1noc(C)c1C(=O)N1CCC2(CC1)NC(=O)c1cc(Br)ccc1N2. The molecule has 2 aromatic rings. The van der Waals surface area contributed by atoms with E-state index in [1.165, 1.54) is 0 Å². The van der Waals surface area contributed by atoms with Gasteiger partial charge in [0, 0.05) is 36.1 Å². The quantitative estimate of drug-likeness (QED) is 0.743. The lowest BCUT2D eigenvalue weighted by Gasteiger charge is -2.45. The van der Waals surface area contributed by atoms with Gasteiger partial charge in [0.05, 0.1) is 11.3 Å². The van der Waals surface area contributed by atoms with E-state index in [0.29, 0.717) is 48.5 Å². The highest BCUT2D eigenvalue weighted by molar-refractivity contribution is 9.10. The number of amides is 2. The molecule has 136 valence electrons. The molecule has 2 aliphatic rings. The monoisotopic (exact) mass is 418 g/mol. The topological polar surface area (TPSA) is 87.5 Å². The van der Waals surface area contributed by atoms with Crippen molar-refractivity contribution in [1.29, 1.82) is 0 Å². The van der Waals surface area contributed by atoms with E-state index in [4.69, 9.17) is 4.52 Å². The third-order valence-electron chi connectivity index (χ3n) is 5.10. The molecule has 1 fully saturated rings. The predicted molar refractivity (Wildman–Crippen MR) is 99.1 cm³/mol. The summed E-state index contributed by atoms with van der Waals surface area (Å²) in [6, 6.07) is 5.62. The zero-order chi connectivity index (χ0) is 18.5. The van der Waals surface area contributed by atoms with Gasteiger partial charge in [-0.15, -0.1) is 0 Å². The smallest absolute Gasteiger partial charge is 0.259 e. The molecule has 0 aliphatic carbocycles. The normalized spacial score (nSPS) is 18.3. The fourth-order valence-electron chi connectivity index (χ4n) is 3.67. The minimum absolute atomic E-state index is 0.0671. The average Bonchev–Trinajstić information content (AvgIpc) is 2.94. The maximum absolute atomic E-state index is 12.8. The molecular formula is C18H19BrN4O3. The Morgan fingerprint density at radius 1 is 1.27 bits per heavy atom. The van der Waals surface area contributed by atoms with Gasteiger partial charge in [-0.2, -0.15) is 0 Å². The van der Waals surface area contributed by atoms with E-state index in [1.54, 1.807) is 24.8 Å². The number of benzene rings is 1. The Morgan fingerprint density at radius 3 is 2.65 bits per heavy atom. The van der Waals surface area contributed by atoms with Gasteiger partial charge in [-0.3, -0.25) is 9.59 Å². The van der Waals surface area contributed by atoms with E-state index < -0.39 is 5.66 Å². The van der Waals surface area contributed by atoms with Crippen molar-refractivity contribution >= 4 is 33.4 Å². The number of aryl methyl sites for hydroxylation is 2. The molecule has 1 spiro atoms. The fraction of sp³-hybridized carbons (Fsp3) is 0.389. The number of fused-ring (bicyclic) bond motifs is 1. The standard InChI is InChI=1S/C18H19BrN4O3/c1-10-15(11(2)26-22-10)17(25)23-7-5-18(6-8-23)20-14-4-3-12(19)9-13(14)16(24)21-18/h3-4,9,20H,5-8H2,1-2H3,(H,21,24). The Labute approximate surface area is 159 Å². The van der Waals surface area contributed by atoms with Crippen LogP contribution in [-0.2, 0) is 0 Å². The lowest BCUT2D eigenvalue weighted by molar-refractivity contribution is 0.0638. The summed E-state index contributed by atoms with van der Waals surface area (Å²) in [5.74, 6) is 0.379. The molecule has 0 saturated carbocycles. The lowest BCUT2D eigenvalue weighted by Crippen LogP contribution is -2.62. The van der Waals surface area contributed by atoms with Crippen molar-refractivity contribution in [3.63, 3.8) is 0 Å². The second-order valence-corrected chi connectivity index (χ2v) is 7.76. The van der Waals surface area contributed by atoms with Crippen LogP contribution >= 0.6 is 15.9 Å². The molecule has 0 atom stereocenters. The molecule has 7 nitrogen and oxygen atoms in total. The summed E-state index contributed by atoms with van der Waals surface area (Å²) >= 11 is 3.39. The minimum atomic E-state index is -0.520. The van der Waals surface area contributed by atoms with Crippen LogP contribution in [0.3, 0.4) is 0 Å². The number of aromatic nitrogens is 1. The minimum Gasteiger partial charge on any atom is -0.362 e. The highest BCUT2D eigenvalue weighted by Crippen LogP contribution is 2.33. The molecular weight excluding hydrogens is 400 g/mol. The van der Waals surface area contributed by atoms with Crippen molar-refractivity contribution in [2.45, 2.75) is 32.4 Å². The lowest BCUT2D eigenvalue weighted by atomic mass is 9.92. The molecule has 4 rings (SSSR count). The number of halogens is 1. The number of nitrogens with one attached hydrogen (secondary N) is 2. The highest BCUT2D eigenvalue weighted by atomic mass is 79.9. The van der Waals surface area contributed by atoms with Crippen LogP contribution in [0.2, 0.25) is 0 Å². The van der Waals surface area contributed by atoms with E-state index in [0.717, 1.165) is 10.2 Å². The maximum atomic E-state index is 12.8. The Kier molecular flexibility index (Phi) is 4.02. The number of hydrogen-bond acceptors (Lipinski definition) is 5. The van der Waals surface area contributed by atoms with Gasteiger partial charge in [0.15, 0.2) is 0 Å². The zero-order valence-electron chi connectivity index (χ0n) is 14.6. The van der Waals surface area contributed by atoms with Gasteiger partial charge in [0.25, 0.3) is 11.8 Å².